The molecule has 0 aromatic heterocycles. The van der Waals surface area contributed by atoms with E-state index in [4.69, 9.17) is 0 Å². The van der Waals surface area contributed by atoms with Gasteiger partial charge in [-0.15, -0.1) is 0 Å². The molecule has 4 unspecified atom stereocenters. The molecule has 0 radical (unpaired) electrons. The molecule has 9 heteroatoms. The summed E-state index contributed by atoms with van der Waals surface area (Å²) in [6.45, 7) is 2.00. The third-order valence-corrected chi connectivity index (χ3v) is 4.70. The summed E-state index contributed by atoms with van der Waals surface area (Å²) in [5.74, 6) is 0. The number of aliphatic hydroxyl groups is 2. The van der Waals surface area contributed by atoms with Crippen LogP contribution in [0.2, 0.25) is 0 Å². The molecular weight excluding hydrogens is 380 g/mol. The van der Waals surface area contributed by atoms with Gasteiger partial charge in [-0.3, -0.25) is 20.2 Å². The van der Waals surface area contributed by atoms with E-state index in [1.54, 1.807) is 12.2 Å². The first-order valence-electron chi connectivity index (χ1n) is 10.2. The van der Waals surface area contributed by atoms with Crippen molar-refractivity contribution >= 4 is 6.29 Å². The maximum Gasteiger partial charge on any atom is 0.245 e. The molecule has 4 atom stereocenters. The fourth-order valence-electron chi connectivity index (χ4n) is 2.97. The summed E-state index contributed by atoms with van der Waals surface area (Å²) in [6, 6.07) is -3.03. The van der Waals surface area contributed by atoms with E-state index < -0.39 is 40.6 Å². The fraction of sp³-hybridized carbons (Fsp3) is 0.750. The van der Waals surface area contributed by atoms with Crippen molar-refractivity contribution in [3.05, 3.63) is 44.5 Å². The number of carbonyl (C=O) groups excluding carboxylic acids is 1. The predicted octanol–water partition coefficient (Wildman–Crippen LogP) is 3.23. The molecule has 0 aliphatic carbocycles. The van der Waals surface area contributed by atoms with Gasteiger partial charge >= 0.3 is 0 Å². The summed E-state index contributed by atoms with van der Waals surface area (Å²) in [4.78, 5) is 31.5. The van der Waals surface area contributed by atoms with Crippen molar-refractivity contribution in [1.82, 2.24) is 0 Å². The molecule has 0 aliphatic rings. The van der Waals surface area contributed by atoms with Gasteiger partial charge in [-0.1, -0.05) is 50.5 Å². The van der Waals surface area contributed by atoms with Crippen molar-refractivity contribution in [1.29, 1.82) is 0 Å². The molecule has 0 saturated heterocycles. The standard InChI is InChI=1S/C20H34N2O7/c1-2-3-4-5-7-10-13-19(24)17(21(26)27)16-18(22(28)29)20(25)14-11-8-6-9-12-15-23/h3-4,7,10,15,17-20,24-25H,2,5-6,8-9,11-14,16H2,1H3/b4-3-,10-7-. The molecule has 0 amide bonds. The average Bonchev–Trinajstić information content (AvgIpc) is 2.66. The summed E-state index contributed by atoms with van der Waals surface area (Å²) < 4.78 is 0. The van der Waals surface area contributed by atoms with Crippen LogP contribution < -0.4 is 0 Å². The van der Waals surface area contributed by atoms with Gasteiger partial charge in [0.2, 0.25) is 12.1 Å². The molecule has 2 N–H and O–H groups in total. The molecule has 0 spiro atoms. The van der Waals surface area contributed by atoms with Crippen LogP contribution in [0, 0.1) is 20.2 Å². The Kier molecular flexibility index (Phi) is 15.6. The quantitative estimate of drug-likeness (QED) is 0.115. The van der Waals surface area contributed by atoms with Crippen LogP contribution in [0.4, 0.5) is 0 Å². The summed E-state index contributed by atoms with van der Waals surface area (Å²) in [5, 5.41) is 43.0. The minimum atomic E-state index is -1.52. The molecular formula is C20H34N2O7. The number of allylic oxidation sites excluding steroid dienone is 3. The highest BCUT2D eigenvalue weighted by molar-refractivity contribution is 5.48. The summed E-state index contributed by atoms with van der Waals surface area (Å²) in [7, 11) is 0. The Labute approximate surface area is 171 Å². The van der Waals surface area contributed by atoms with Gasteiger partial charge in [0.05, 0.1) is 6.42 Å². The zero-order valence-corrected chi connectivity index (χ0v) is 17.1. The Bertz CT molecular complexity index is 537. The number of nitro groups is 2. The summed E-state index contributed by atoms with van der Waals surface area (Å²) in [5.41, 5.74) is 0. The van der Waals surface area contributed by atoms with Gasteiger partial charge in [0.15, 0.2) is 0 Å². The average molecular weight is 414 g/mol. The molecule has 0 saturated carbocycles. The first-order chi connectivity index (χ1) is 13.8. The summed E-state index contributed by atoms with van der Waals surface area (Å²) in [6.07, 6.45) is 9.87. The second-order valence-electron chi connectivity index (χ2n) is 7.06. The second kappa shape index (κ2) is 16.8. The number of rotatable bonds is 18. The van der Waals surface area contributed by atoms with Crippen LogP contribution in [0.25, 0.3) is 0 Å². The van der Waals surface area contributed by atoms with Crippen molar-refractivity contribution in [2.24, 2.45) is 0 Å². The highest BCUT2D eigenvalue weighted by atomic mass is 16.6. The van der Waals surface area contributed by atoms with Crippen molar-refractivity contribution in [3.63, 3.8) is 0 Å². The van der Waals surface area contributed by atoms with E-state index in [9.17, 15) is 35.2 Å². The zero-order valence-electron chi connectivity index (χ0n) is 17.1. The number of aliphatic hydroxyl groups excluding tert-OH is 2. The number of carbonyl (C=O) groups is 1. The van der Waals surface area contributed by atoms with Crippen molar-refractivity contribution in [3.8, 4) is 0 Å². The molecule has 0 heterocycles. The van der Waals surface area contributed by atoms with E-state index in [0.29, 0.717) is 25.7 Å². The smallest absolute Gasteiger partial charge is 0.245 e. The van der Waals surface area contributed by atoms with Crippen molar-refractivity contribution in [2.75, 3.05) is 0 Å². The van der Waals surface area contributed by atoms with Gasteiger partial charge < -0.3 is 15.0 Å². The first-order valence-corrected chi connectivity index (χ1v) is 10.2. The van der Waals surface area contributed by atoms with E-state index in [2.05, 4.69) is 0 Å². The van der Waals surface area contributed by atoms with Gasteiger partial charge in [0, 0.05) is 16.3 Å². The maximum atomic E-state index is 11.3. The number of hydrogen-bond acceptors (Lipinski definition) is 7. The van der Waals surface area contributed by atoms with Gasteiger partial charge in [-0.05, 0) is 32.1 Å². The summed E-state index contributed by atoms with van der Waals surface area (Å²) >= 11 is 0. The topological polar surface area (TPSA) is 144 Å². The van der Waals surface area contributed by atoms with Crippen LogP contribution in [0.5, 0.6) is 0 Å². The molecule has 0 fully saturated rings. The van der Waals surface area contributed by atoms with E-state index in [-0.39, 0.29) is 12.8 Å². The number of hydrogen-bond donors (Lipinski definition) is 2. The molecule has 0 aromatic carbocycles. The molecule has 0 aliphatic heterocycles. The molecule has 0 bridgehead atoms. The zero-order chi connectivity index (χ0) is 22.1. The lowest BCUT2D eigenvalue weighted by Crippen LogP contribution is -2.43. The first kappa shape index (κ1) is 26.9. The molecule has 29 heavy (non-hydrogen) atoms. The van der Waals surface area contributed by atoms with Crippen LogP contribution in [-0.4, -0.2) is 50.6 Å². The molecule has 0 aromatic rings. The minimum Gasteiger partial charge on any atom is -0.386 e. The third-order valence-electron chi connectivity index (χ3n) is 4.70. The lowest BCUT2D eigenvalue weighted by Gasteiger charge is -2.20. The van der Waals surface area contributed by atoms with Gasteiger partial charge in [0.1, 0.15) is 18.5 Å². The van der Waals surface area contributed by atoms with Crippen molar-refractivity contribution < 1.29 is 24.9 Å². The predicted molar refractivity (Wildman–Crippen MR) is 110 cm³/mol. The Morgan fingerprint density at radius 3 is 2.03 bits per heavy atom. The van der Waals surface area contributed by atoms with Crippen LogP contribution in [0.15, 0.2) is 24.3 Å². The van der Waals surface area contributed by atoms with Gasteiger partial charge in [-0.25, -0.2) is 0 Å². The van der Waals surface area contributed by atoms with Gasteiger partial charge in [-0.2, -0.15) is 0 Å². The molecule has 9 nitrogen and oxygen atoms in total. The minimum absolute atomic E-state index is 0.0167. The maximum absolute atomic E-state index is 11.3. The van der Waals surface area contributed by atoms with Crippen molar-refractivity contribution in [2.45, 2.75) is 95.4 Å². The normalized spacial score (nSPS) is 16.0. The fourth-order valence-corrected chi connectivity index (χ4v) is 2.97. The monoisotopic (exact) mass is 414 g/mol. The number of aldehydes is 1. The molecule has 0 rings (SSSR count). The Hall–Kier alpha value is -2.13. The molecule has 166 valence electrons. The SMILES string of the molecule is CC/C=C\C/C=C\CC(O)C(CC(C(O)CCCCCCC=O)[N+](=O)[O-])[N+](=O)[O-]. The van der Waals surface area contributed by atoms with E-state index >= 15 is 0 Å². The Morgan fingerprint density at radius 1 is 0.862 bits per heavy atom. The van der Waals surface area contributed by atoms with Crippen LogP contribution in [0.3, 0.4) is 0 Å². The lowest BCUT2D eigenvalue weighted by atomic mass is 9.94. The van der Waals surface area contributed by atoms with E-state index in [0.717, 1.165) is 25.5 Å². The highest BCUT2D eigenvalue weighted by Gasteiger charge is 2.40. The van der Waals surface area contributed by atoms with E-state index in [1.807, 2.05) is 19.1 Å². The Morgan fingerprint density at radius 2 is 1.45 bits per heavy atom. The van der Waals surface area contributed by atoms with Crippen LogP contribution >= 0.6 is 0 Å². The third kappa shape index (κ3) is 12.8. The second-order valence-corrected chi connectivity index (χ2v) is 7.06. The van der Waals surface area contributed by atoms with Gasteiger partial charge in [0.25, 0.3) is 0 Å². The Balaban J connectivity index is 4.69. The largest absolute Gasteiger partial charge is 0.386 e. The number of unbranched alkanes of at least 4 members (excludes halogenated alkanes) is 4. The van der Waals surface area contributed by atoms with Crippen LogP contribution in [-0.2, 0) is 4.79 Å². The van der Waals surface area contributed by atoms with Crippen LogP contribution in [0.1, 0.15) is 71.1 Å². The highest BCUT2D eigenvalue weighted by Crippen LogP contribution is 2.18. The number of nitrogens with zero attached hydrogens (tertiary/aromatic N) is 2. The van der Waals surface area contributed by atoms with E-state index in [1.165, 1.54) is 0 Å². The lowest BCUT2D eigenvalue weighted by molar-refractivity contribution is -0.573.